The summed E-state index contributed by atoms with van der Waals surface area (Å²) >= 11 is 0. The molecule has 1 nitrogen and oxygen atoms in total. The van der Waals surface area contributed by atoms with Crippen LogP contribution < -0.4 is 0 Å². The highest BCUT2D eigenvalue weighted by atomic mass is 19.1. The topological polar surface area (TPSA) is 12.9 Å². The summed E-state index contributed by atoms with van der Waals surface area (Å²) in [5.41, 5.74) is 0.484. The normalized spacial score (nSPS) is 10.5. The van der Waals surface area contributed by atoms with E-state index in [0.29, 0.717) is 5.69 Å². The van der Waals surface area contributed by atoms with E-state index < -0.39 is 19.3 Å². The third kappa shape index (κ3) is 1.97. The van der Waals surface area contributed by atoms with E-state index in [-0.39, 0.29) is 0 Å². The minimum absolute atomic E-state index is 0.484. The lowest BCUT2D eigenvalue weighted by Crippen LogP contribution is -2.04. The number of hydrogen-bond donors (Lipinski definition) is 0. The van der Waals surface area contributed by atoms with Gasteiger partial charge in [-0.1, -0.05) is 6.07 Å². The van der Waals surface area contributed by atoms with Crippen LogP contribution in [0.25, 0.3) is 0 Å². The van der Waals surface area contributed by atoms with Crippen LogP contribution in [-0.2, 0) is 0 Å². The molecule has 60 valence electrons. The quantitative estimate of drug-likeness (QED) is 0.654. The highest BCUT2D eigenvalue weighted by molar-refractivity contribution is 5.09. The Morgan fingerprint density at radius 1 is 1.27 bits per heavy atom. The molecule has 0 N–H and O–H groups in total. The zero-order chi connectivity index (χ0) is 8.10. The van der Waals surface area contributed by atoms with Crippen molar-refractivity contribution in [3.63, 3.8) is 0 Å². The van der Waals surface area contributed by atoms with Gasteiger partial charge in [-0.2, -0.15) is 0 Å². The molecule has 0 amide bonds. The lowest BCUT2D eigenvalue weighted by atomic mass is 10.1. The molecule has 0 aliphatic heterocycles. The fourth-order valence-electron chi connectivity index (χ4n) is 0.817. The fourth-order valence-corrected chi connectivity index (χ4v) is 0.817. The van der Waals surface area contributed by atoms with Crippen molar-refractivity contribution in [2.45, 2.75) is 5.92 Å². The Morgan fingerprint density at radius 3 is 2.45 bits per heavy atom. The van der Waals surface area contributed by atoms with Crippen molar-refractivity contribution in [2.75, 3.05) is 13.3 Å². The molecule has 11 heavy (non-hydrogen) atoms. The lowest BCUT2D eigenvalue weighted by molar-refractivity contribution is 0.349. The van der Waals surface area contributed by atoms with Crippen LogP contribution in [0.3, 0.4) is 0 Å². The number of alkyl halides is 2. The predicted molar refractivity (Wildman–Crippen MR) is 38.9 cm³/mol. The third-order valence-corrected chi connectivity index (χ3v) is 1.48. The summed E-state index contributed by atoms with van der Waals surface area (Å²) in [6, 6.07) is 5.07. The Morgan fingerprint density at radius 2 is 2.00 bits per heavy atom. The first kappa shape index (κ1) is 8.11. The van der Waals surface area contributed by atoms with E-state index in [1.165, 1.54) is 6.20 Å². The summed E-state index contributed by atoms with van der Waals surface area (Å²) in [7, 11) is 0. The van der Waals surface area contributed by atoms with Crippen molar-refractivity contribution in [1.29, 1.82) is 0 Å². The molecular formula is C8H9F2N. The standard InChI is InChI=1S/C8H9F2N/c9-5-7(6-10)8-3-1-2-4-11-8/h1-4,7H,5-6H2. The highest BCUT2D eigenvalue weighted by Gasteiger charge is 2.10. The van der Waals surface area contributed by atoms with Crippen LogP contribution >= 0.6 is 0 Å². The van der Waals surface area contributed by atoms with Crippen molar-refractivity contribution in [3.05, 3.63) is 30.1 Å². The molecular weight excluding hydrogens is 148 g/mol. The van der Waals surface area contributed by atoms with Gasteiger partial charge in [0, 0.05) is 11.9 Å². The Bertz CT molecular complexity index is 197. The maximum absolute atomic E-state index is 12.1. The first-order valence-electron chi connectivity index (χ1n) is 3.41. The average Bonchev–Trinajstić information content (AvgIpc) is 2.09. The van der Waals surface area contributed by atoms with Crippen molar-refractivity contribution in [1.82, 2.24) is 4.98 Å². The minimum Gasteiger partial charge on any atom is -0.261 e. The molecule has 0 fully saturated rings. The van der Waals surface area contributed by atoms with E-state index in [4.69, 9.17) is 0 Å². The number of nitrogens with zero attached hydrogens (tertiary/aromatic N) is 1. The average molecular weight is 157 g/mol. The maximum atomic E-state index is 12.1. The van der Waals surface area contributed by atoms with E-state index in [1.807, 2.05) is 0 Å². The molecule has 3 heteroatoms. The smallest absolute Gasteiger partial charge is 0.100 e. The Kier molecular flexibility index (Phi) is 2.95. The van der Waals surface area contributed by atoms with Crippen LogP contribution in [0.4, 0.5) is 8.78 Å². The fraction of sp³-hybridized carbons (Fsp3) is 0.375. The van der Waals surface area contributed by atoms with Gasteiger partial charge in [0.15, 0.2) is 0 Å². The van der Waals surface area contributed by atoms with Gasteiger partial charge in [0.2, 0.25) is 0 Å². The summed E-state index contributed by atoms with van der Waals surface area (Å²) in [5, 5.41) is 0. The van der Waals surface area contributed by atoms with Gasteiger partial charge in [0.25, 0.3) is 0 Å². The molecule has 1 aromatic heterocycles. The molecule has 0 saturated heterocycles. The molecule has 1 rings (SSSR count). The van der Waals surface area contributed by atoms with Crippen LogP contribution in [0, 0.1) is 0 Å². The molecule has 0 aromatic carbocycles. The van der Waals surface area contributed by atoms with E-state index in [2.05, 4.69) is 4.98 Å². The second-order valence-corrected chi connectivity index (χ2v) is 2.26. The molecule has 0 bridgehead atoms. The Balaban J connectivity index is 2.74. The van der Waals surface area contributed by atoms with E-state index in [0.717, 1.165) is 0 Å². The third-order valence-electron chi connectivity index (χ3n) is 1.48. The van der Waals surface area contributed by atoms with Gasteiger partial charge in [0.1, 0.15) is 13.3 Å². The van der Waals surface area contributed by atoms with Crippen LogP contribution in [0.2, 0.25) is 0 Å². The second-order valence-electron chi connectivity index (χ2n) is 2.26. The molecule has 0 radical (unpaired) electrons. The minimum atomic E-state index is -0.687. The van der Waals surface area contributed by atoms with Gasteiger partial charge in [-0.25, -0.2) is 0 Å². The van der Waals surface area contributed by atoms with Crippen molar-refractivity contribution < 1.29 is 8.78 Å². The van der Waals surface area contributed by atoms with Crippen molar-refractivity contribution in [2.24, 2.45) is 0 Å². The van der Waals surface area contributed by atoms with Crippen LogP contribution in [0.15, 0.2) is 24.4 Å². The first-order valence-corrected chi connectivity index (χ1v) is 3.41. The van der Waals surface area contributed by atoms with E-state index >= 15 is 0 Å². The number of hydrogen-bond acceptors (Lipinski definition) is 1. The Labute approximate surface area is 64.1 Å². The van der Waals surface area contributed by atoms with Gasteiger partial charge >= 0.3 is 0 Å². The van der Waals surface area contributed by atoms with Crippen LogP contribution in [-0.4, -0.2) is 18.3 Å². The summed E-state index contributed by atoms with van der Waals surface area (Å²) in [6.07, 6.45) is 1.54. The first-order chi connectivity index (χ1) is 5.38. The molecule has 1 aromatic rings. The van der Waals surface area contributed by atoms with Crippen molar-refractivity contribution in [3.8, 4) is 0 Å². The number of pyridine rings is 1. The molecule has 0 saturated carbocycles. The van der Waals surface area contributed by atoms with E-state index in [9.17, 15) is 8.78 Å². The number of halogens is 2. The molecule has 0 aliphatic rings. The van der Waals surface area contributed by atoms with E-state index in [1.54, 1.807) is 18.2 Å². The van der Waals surface area contributed by atoms with Crippen LogP contribution in [0.1, 0.15) is 11.6 Å². The van der Waals surface area contributed by atoms with Crippen LogP contribution in [0.5, 0.6) is 0 Å². The lowest BCUT2D eigenvalue weighted by Gasteiger charge is -2.05. The molecule has 0 aliphatic carbocycles. The van der Waals surface area contributed by atoms with Gasteiger partial charge < -0.3 is 0 Å². The van der Waals surface area contributed by atoms with Gasteiger partial charge in [-0.3, -0.25) is 13.8 Å². The molecule has 0 unspecified atom stereocenters. The largest absolute Gasteiger partial charge is 0.261 e. The maximum Gasteiger partial charge on any atom is 0.100 e. The zero-order valence-electron chi connectivity index (χ0n) is 6.00. The molecule has 0 spiro atoms. The predicted octanol–water partition coefficient (Wildman–Crippen LogP) is 2.10. The summed E-state index contributed by atoms with van der Waals surface area (Å²) in [5.74, 6) is -0.684. The van der Waals surface area contributed by atoms with Gasteiger partial charge in [-0.05, 0) is 12.1 Å². The summed E-state index contributed by atoms with van der Waals surface area (Å²) in [6.45, 7) is -1.37. The second kappa shape index (κ2) is 4.01. The summed E-state index contributed by atoms with van der Waals surface area (Å²) < 4.78 is 24.1. The molecule has 0 atom stereocenters. The van der Waals surface area contributed by atoms with Crippen molar-refractivity contribution >= 4 is 0 Å². The molecule has 1 heterocycles. The number of rotatable bonds is 3. The SMILES string of the molecule is FCC(CF)c1ccccn1. The van der Waals surface area contributed by atoms with Gasteiger partial charge in [0.05, 0.1) is 5.92 Å². The summed E-state index contributed by atoms with van der Waals surface area (Å²) in [4.78, 5) is 3.84. The zero-order valence-corrected chi connectivity index (χ0v) is 6.00. The Hall–Kier alpha value is -0.990. The van der Waals surface area contributed by atoms with Gasteiger partial charge in [-0.15, -0.1) is 0 Å². The highest BCUT2D eigenvalue weighted by Crippen LogP contribution is 2.13. The monoisotopic (exact) mass is 157 g/mol. The number of aromatic nitrogens is 1.